The lowest BCUT2D eigenvalue weighted by atomic mass is 10.1. The van der Waals surface area contributed by atoms with Gasteiger partial charge in [-0.05, 0) is 23.8 Å². The predicted molar refractivity (Wildman–Crippen MR) is 76.4 cm³/mol. The second-order valence-corrected chi connectivity index (χ2v) is 6.50. The van der Waals surface area contributed by atoms with Crippen molar-refractivity contribution < 1.29 is 18.3 Å². The smallest absolute Gasteiger partial charge is 0.175 e. The number of aliphatic hydroxyl groups is 1. The molecule has 0 aliphatic heterocycles. The van der Waals surface area contributed by atoms with Crippen LogP contribution in [0.3, 0.4) is 0 Å². The molecule has 0 aliphatic carbocycles. The minimum Gasteiger partial charge on any atom is -0.490 e. The molecule has 2 aromatic rings. The van der Waals surface area contributed by atoms with Crippen molar-refractivity contribution in [2.45, 2.75) is 11.0 Å². The third-order valence-electron chi connectivity index (χ3n) is 2.83. The highest BCUT2D eigenvalue weighted by atomic mass is 32.2. The third-order valence-corrected chi connectivity index (χ3v) is 3.94. The van der Waals surface area contributed by atoms with E-state index in [4.69, 9.17) is 4.74 Å². The fraction of sp³-hybridized carbons (Fsp3) is 0.200. The highest BCUT2D eigenvalue weighted by molar-refractivity contribution is 7.90. The standard InChI is InChI=1S/C15H16O4S/c1-20(17,18)14-9-5-8-13(10-14)19-11-15(16)12-6-3-2-4-7-12/h2-10,15-16H,11H2,1H3. The number of hydrogen-bond donors (Lipinski definition) is 1. The molecule has 0 aromatic heterocycles. The SMILES string of the molecule is CS(=O)(=O)c1cccc(OCC(O)c2ccccc2)c1. The largest absolute Gasteiger partial charge is 0.490 e. The summed E-state index contributed by atoms with van der Waals surface area (Å²) in [5, 5.41) is 9.97. The molecule has 0 radical (unpaired) electrons. The van der Waals surface area contributed by atoms with E-state index >= 15 is 0 Å². The van der Waals surface area contributed by atoms with Gasteiger partial charge in [-0.2, -0.15) is 0 Å². The summed E-state index contributed by atoms with van der Waals surface area (Å²) >= 11 is 0. The number of rotatable bonds is 5. The average molecular weight is 292 g/mol. The number of aliphatic hydroxyl groups excluding tert-OH is 1. The van der Waals surface area contributed by atoms with Crippen LogP contribution in [0.5, 0.6) is 5.75 Å². The van der Waals surface area contributed by atoms with Crippen LogP contribution in [0, 0.1) is 0 Å². The molecule has 2 rings (SSSR count). The second kappa shape index (κ2) is 6.07. The number of hydrogen-bond acceptors (Lipinski definition) is 4. The first-order valence-corrected chi connectivity index (χ1v) is 8.02. The molecule has 1 atom stereocenters. The maximum absolute atomic E-state index is 11.4. The van der Waals surface area contributed by atoms with Crippen molar-refractivity contribution in [2.75, 3.05) is 12.9 Å². The molecule has 1 unspecified atom stereocenters. The molecule has 4 nitrogen and oxygen atoms in total. The molecule has 0 saturated heterocycles. The molecule has 5 heteroatoms. The maximum Gasteiger partial charge on any atom is 0.175 e. The number of benzene rings is 2. The van der Waals surface area contributed by atoms with Crippen LogP contribution in [0.25, 0.3) is 0 Å². The Labute approximate surface area is 118 Å². The van der Waals surface area contributed by atoms with Crippen LogP contribution in [0.1, 0.15) is 11.7 Å². The van der Waals surface area contributed by atoms with Crippen LogP contribution in [0.4, 0.5) is 0 Å². The first-order chi connectivity index (χ1) is 9.47. The van der Waals surface area contributed by atoms with Gasteiger partial charge in [0.2, 0.25) is 0 Å². The Kier molecular flexibility index (Phi) is 4.42. The van der Waals surface area contributed by atoms with E-state index in [2.05, 4.69) is 0 Å². The molecule has 2 aromatic carbocycles. The van der Waals surface area contributed by atoms with E-state index < -0.39 is 15.9 Å². The zero-order valence-electron chi connectivity index (χ0n) is 11.1. The summed E-state index contributed by atoms with van der Waals surface area (Å²) in [6, 6.07) is 15.4. The first kappa shape index (κ1) is 14.6. The second-order valence-electron chi connectivity index (χ2n) is 4.48. The molecule has 106 valence electrons. The Morgan fingerprint density at radius 3 is 2.45 bits per heavy atom. The van der Waals surface area contributed by atoms with Gasteiger partial charge in [0.05, 0.1) is 4.90 Å². The summed E-state index contributed by atoms with van der Waals surface area (Å²) < 4.78 is 28.3. The van der Waals surface area contributed by atoms with Gasteiger partial charge in [-0.3, -0.25) is 0 Å². The molecule has 1 N–H and O–H groups in total. The zero-order chi connectivity index (χ0) is 14.6. The molecule has 20 heavy (non-hydrogen) atoms. The van der Waals surface area contributed by atoms with Crippen LogP contribution in [-0.2, 0) is 9.84 Å². The summed E-state index contributed by atoms with van der Waals surface area (Å²) in [6.45, 7) is 0.0667. The quantitative estimate of drug-likeness (QED) is 0.917. The highest BCUT2D eigenvalue weighted by Crippen LogP contribution is 2.19. The van der Waals surface area contributed by atoms with Gasteiger partial charge in [0.25, 0.3) is 0 Å². The van der Waals surface area contributed by atoms with Crippen molar-refractivity contribution in [1.29, 1.82) is 0 Å². The van der Waals surface area contributed by atoms with Gasteiger partial charge in [0.15, 0.2) is 9.84 Å². The summed E-state index contributed by atoms with van der Waals surface area (Å²) in [4.78, 5) is 0.198. The third kappa shape index (κ3) is 3.82. The molecule has 0 heterocycles. The van der Waals surface area contributed by atoms with E-state index in [-0.39, 0.29) is 11.5 Å². The Balaban J connectivity index is 2.05. The van der Waals surface area contributed by atoms with Crippen LogP contribution in [0.2, 0.25) is 0 Å². The van der Waals surface area contributed by atoms with Crippen LogP contribution < -0.4 is 4.74 Å². The van der Waals surface area contributed by atoms with E-state index in [0.717, 1.165) is 11.8 Å². The van der Waals surface area contributed by atoms with E-state index in [1.54, 1.807) is 24.3 Å². The fourth-order valence-corrected chi connectivity index (χ4v) is 2.40. The van der Waals surface area contributed by atoms with Gasteiger partial charge in [-0.1, -0.05) is 36.4 Å². The lowest BCUT2D eigenvalue weighted by Gasteiger charge is -2.13. The lowest BCUT2D eigenvalue weighted by molar-refractivity contribution is 0.108. The predicted octanol–water partition coefficient (Wildman–Crippen LogP) is 2.20. The Bertz CT molecular complexity index is 665. The molecule has 0 bridgehead atoms. The Morgan fingerprint density at radius 2 is 1.80 bits per heavy atom. The first-order valence-electron chi connectivity index (χ1n) is 6.13. The fourth-order valence-electron chi connectivity index (χ4n) is 1.74. The van der Waals surface area contributed by atoms with Crippen molar-refractivity contribution in [2.24, 2.45) is 0 Å². The van der Waals surface area contributed by atoms with Crippen molar-refractivity contribution >= 4 is 9.84 Å². The van der Waals surface area contributed by atoms with Crippen molar-refractivity contribution in [3.8, 4) is 5.75 Å². The van der Waals surface area contributed by atoms with Gasteiger partial charge >= 0.3 is 0 Å². The number of sulfone groups is 1. The minimum absolute atomic E-state index is 0.0667. The maximum atomic E-state index is 11.4. The zero-order valence-corrected chi connectivity index (χ0v) is 11.9. The molecular formula is C15H16O4S. The van der Waals surface area contributed by atoms with Gasteiger partial charge in [-0.25, -0.2) is 8.42 Å². The summed E-state index contributed by atoms with van der Waals surface area (Å²) in [7, 11) is -3.26. The van der Waals surface area contributed by atoms with E-state index in [9.17, 15) is 13.5 Å². The number of ether oxygens (including phenoxy) is 1. The van der Waals surface area contributed by atoms with Gasteiger partial charge in [-0.15, -0.1) is 0 Å². The summed E-state index contributed by atoms with van der Waals surface area (Å²) in [5.41, 5.74) is 0.756. The lowest BCUT2D eigenvalue weighted by Crippen LogP contribution is -2.09. The van der Waals surface area contributed by atoms with Crippen LogP contribution in [-0.4, -0.2) is 26.4 Å². The Morgan fingerprint density at radius 1 is 1.10 bits per heavy atom. The normalized spacial score (nSPS) is 12.9. The molecule has 0 saturated carbocycles. The molecule has 0 fully saturated rings. The highest BCUT2D eigenvalue weighted by Gasteiger charge is 2.10. The van der Waals surface area contributed by atoms with Gasteiger partial charge < -0.3 is 9.84 Å². The average Bonchev–Trinajstić information content (AvgIpc) is 2.45. The van der Waals surface area contributed by atoms with Crippen molar-refractivity contribution in [3.63, 3.8) is 0 Å². The van der Waals surface area contributed by atoms with Crippen molar-refractivity contribution in [3.05, 3.63) is 60.2 Å². The van der Waals surface area contributed by atoms with Crippen molar-refractivity contribution in [1.82, 2.24) is 0 Å². The van der Waals surface area contributed by atoms with Crippen LogP contribution >= 0.6 is 0 Å². The van der Waals surface area contributed by atoms with Gasteiger partial charge in [0.1, 0.15) is 18.5 Å². The monoisotopic (exact) mass is 292 g/mol. The molecule has 0 aliphatic rings. The summed E-state index contributed by atoms with van der Waals surface area (Å²) in [6.07, 6.45) is 0.392. The molecule has 0 spiro atoms. The van der Waals surface area contributed by atoms with E-state index in [1.807, 2.05) is 18.2 Å². The molecular weight excluding hydrogens is 276 g/mol. The van der Waals surface area contributed by atoms with E-state index in [0.29, 0.717) is 5.75 Å². The molecule has 0 amide bonds. The Hall–Kier alpha value is -1.85. The van der Waals surface area contributed by atoms with Crippen LogP contribution in [0.15, 0.2) is 59.5 Å². The topological polar surface area (TPSA) is 63.6 Å². The van der Waals surface area contributed by atoms with Gasteiger partial charge in [0, 0.05) is 6.26 Å². The van der Waals surface area contributed by atoms with E-state index in [1.165, 1.54) is 12.1 Å². The summed E-state index contributed by atoms with van der Waals surface area (Å²) in [5.74, 6) is 0.419. The minimum atomic E-state index is -3.26.